The number of hydrogen-bond donors (Lipinski definition) is 1. The van der Waals surface area contributed by atoms with Crippen LogP contribution in [0.15, 0.2) is 72.9 Å². The molecule has 1 N–H and O–H groups in total. The maximum absolute atomic E-state index is 15.4. The van der Waals surface area contributed by atoms with E-state index in [1.54, 1.807) is 38.2 Å². The number of aromatic nitrogens is 2. The maximum Gasteiger partial charge on any atom is 0.413 e. The van der Waals surface area contributed by atoms with Crippen LogP contribution in [0.1, 0.15) is 37.0 Å². The van der Waals surface area contributed by atoms with Crippen molar-refractivity contribution in [3.63, 3.8) is 0 Å². The van der Waals surface area contributed by atoms with Crippen molar-refractivity contribution < 1.29 is 27.8 Å². The number of nitrogens with zero attached hydrogens (tertiary/aromatic N) is 2. The first-order valence-electron chi connectivity index (χ1n) is 12.5. The van der Waals surface area contributed by atoms with Crippen LogP contribution >= 0.6 is 0 Å². The zero-order valence-electron chi connectivity index (χ0n) is 21.7. The Kier molecular flexibility index (Phi) is 6.91. The molecule has 1 heterocycles. The molecular weight excluding hydrogens is 504 g/mol. The Hall–Kier alpha value is -4.53. The highest BCUT2D eigenvalue weighted by Crippen LogP contribution is 2.49. The molecule has 1 aliphatic rings. The average molecular weight is 532 g/mol. The van der Waals surface area contributed by atoms with Gasteiger partial charge < -0.3 is 9.47 Å². The Balaban J connectivity index is 1.38. The van der Waals surface area contributed by atoms with E-state index in [9.17, 15) is 9.59 Å². The van der Waals surface area contributed by atoms with Crippen LogP contribution in [-0.2, 0) is 26.7 Å². The van der Waals surface area contributed by atoms with E-state index in [4.69, 9.17) is 9.47 Å². The number of hydrogen-bond acceptors (Lipinski definition) is 5. The van der Waals surface area contributed by atoms with E-state index in [0.29, 0.717) is 18.4 Å². The van der Waals surface area contributed by atoms with E-state index in [1.807, 2.05) is 30.3 Å². The number of ether oxygens (including phenoxy) is 2. The van der Waals surface area contributed by atoms with Crippen molar-refractivity contribution in [1.82, 2.24) is 9.78 Å². The minimum atomic E-state index is -0.755. The zero-order valence-corrected chi connectivity index (χ0v) is 21.7. The molecule has 0 saturated heterocycles. The number of aryl methyl sites for hydroxylation is 1. The molecule has 1 aromatic heterocycles. The topological polar surface area (TPSA) is 82.5 Å². The molecule has 0 radical (unpaired) electrons. The van der Waals surface area contributed by atoms with Crippen LogP contribution in [0.25, 0.3) is 22.3 Å². The summed E-state index contributed by atoms with van der Waals surface area (Å²) >= 11 is 0. The molecular formula is C30H27F2N3O4. The second kappa shape index (κ2) is 10.3. The fourth-order valence-electron chi connectivity index (χ4n) is 4.74. The summed E-state index contributed by atoms with van der Waals surface area (Å²) in [6.07, 6.45) is 1.46. The lowest BCUT2D eigenvalue weighted by atomic mass is 9.93. The van der Waals surface area contributed by atoms with E-state index in [1.165, 1.54) is 18.0 Å². The number of nitrogens with one attached hydrogen (secondary N) is 1. The van der Waals surface area contributed by atoms with Gasteiger partial charge in [0.2, 0.25) is 0 Å². The number of amides is 1. The number of methoxy groups -OCH3 is 1. The fourth-order valence-corrected chi connectivity index (χ4v) is 4.74. The Labute approximate surface area is 224 Å². The molecule has 9 heteroatoms. The molecule has 5 rings (SSSR count). The van der Waals surface area contributed by atoms with Gasteiger partial charge in [-0.15, -0.1) is 0 Å². The van der Waals surface area contributed by atoms with Crippen molar-refractivity contribution in [2.75, 3.05) is 12.4 Å². The van der Waals surface area contributed by atoms with E-state index in [0.717, 1.165) is 23.3 Å². The van der Waals surface area contributed by atoms with Crippen LogP contribution in [0.3, 0.4) is 0 Å². The predicted molar refractivity (Wildman–Crippen MR) is 142 cm³/mol. The third-order valence-corrected chi connectivity index (χ3v) is 7.13. The van der Waals surface area contributed by atoms with Gasteiger partial charge in [0.05, 0.1) is 18.7 Å². The van der Waals surface area contributed by atoms with Crippen molar-refractivity contribution in [2.45, 2.75) is 31.3 Å². The molecule has 0 spiro atoms. The number of esters is 1. The van der Waals surface area contributed by atoms with Gasteiger partial charge in [0.25, 0.3) is 0 Å². The Morgan fingerprint density at radius 3 is 2.26 bits per heavy atom. The molecule has 1 unspecified atom stereocenters. The van der Waals surface area contributed by atoms with Gasteiger partial charge in [0.1, 0.15) is 23.6 Å². The van der Waals surface area contributed by atoms with Crippen LogP contribution in [-0.4, -0.2) is 29.0 Å². The molecule has 1 amide bonds. The maximum atomic E-state index is 15.4. The van der Waals surface area contributed by atoms with Crippen molar-refractivity contribution in [3.8, 4) is 22.3 Å². The molecule has 0 bridgehead atoms. The summed E-state index contributed by atoms with van der Waals surface area (Å²) in [5.74, 6) is -1.47. The minimum absolute atomic E-state index is 0.0602. The SMILES string of the molecule is COC(=O)C1(c2ccc(-c3cc(F)c(-c4cnn(C)c4NC(=O)OC(C)c4ccccc4)cc3F)cc2)CC1. The van der Waals surface area contributed by atoms with Gasteiger partial charge in [-0.1, -0.05) is 54.6 Å². The summed E-state index contributed by atoms with van der Waals surface area (Å²) in [5, 5.41) is 6.72. The van der Waals surface area contributed by atoms with Gasteiger partial charge in [0, 0.05) is 23.7 Å². The quantitative estimate of drug-likeness (QED) is 0.274. The smallest absolute Gasteiger partial charge is 0.413 e. The predicted octanol–water partition coefficient (Wildman–Crippen LogP) is 6.55. The van der Waals surface area contributed by atoms with Crippen LogP contribution in [0.5, 0.6) is 0 Å². The van der Waals surface area contributed by atoms with Crippen molar-refractivity contribution in [2.24, 2.45) is 7.05 Å². The lowest BCUT2D eigenvalue weighted by Gasteiger charge is -2.16. The number of halogens is 2. The van der Waals surface area contributed by atoms with E-state index < -0.39 is 29.2 Å². The lowest BCUT2D eigenvalue weighted by Crippen LogP contribution is -2.21. The van der Waals surface area contributed by atoms with E-state index in [-0.39, 0.29) is 28.5 Å². The third-order valence-electron chi connectivity index (χ3n) is 7.13. The number of carbonyl (C=O) groups is 2. The van der Waals surface area contributed by atoms with Gasteiger partial charge in [-0.3, -0.25) is 14.8 Å². The highest BCUT2D eigenvalue weighted by Gasteiger charge is 2.52. The summed E-state index contributed by atoms with van der Waals surface area (Å²) in [6, 6.07) is 18.2. The second-order valence-electron chi connectivity index (χ2n) is 9.58. The summed E-state index contributed by atoms with van der Waals surface area (Å²) in [6.45, 7) is 1.74. The number of benzene rings is 3. The highest BCUT2D eigenvalue weighted by molar-refractivity contribution is 5.90. The lowest BCUT2D eigenvalue weighted by molar-refractivity contribution is -0.143. The first kappa shape index (κ1) is 26.1. The highest BCUT2D eigenvalue weighted by atomic mass is 19.1. The first-order valence-corrected chi connectivity index (χ1v) is 12.5. The van der Waals surface area contributed by atoms with Gasteiger partial charge in [-0.05, 0) is 48.6 Å². The summed E-state index contributed by atoms with van der Waals surface area (Å²) in [7, 11) is 2.93. The molecule has 0 aliphatic heterocycles. The standard InChI is InChI=1S/C30H27F2N3O4/c1-18(19-7-5-4-6-8-19)39-29(37)34-27-24(17-33-35(27)2)23-16-25(31)22(15-26(23)32)20-9-11-21(12-10-20)30(13-14-30)28(36)38-3/h4-12,15-18H,13-14H2,1-3H3,(H,34,37). The number of carbonyl (C=O) groups excluding carboxylic acids is 2. The monoisotopic (exact) mass is 531 g/mol. The summed E-state index contributed by atoms with van der Waals surface area (Å²) < 4.78 is 42.4. The van der Waals surface area contributed by atoms with E-state index in [2.05, 4.69) is 10.4 Å². The fraction of sp³-hybridized carbons (Fsp3) is 0.233. The number of rotatable bonds is 7. The van der Waals surface area contributed by atoms with Crippen LogP contribution in [0, 0.1) is 11.6 Å². The van der Waals surface area contributed by atoms with Gasteiger partial charge in [-0.2, -0.15) is 5.10 Å². The summed E-state index contributed by atoms with van der Waals surface area (Å²) in [5.41, 5.74) is 1.63. The van der Waals surface area contributed by atoms with Crippen molar-refractivity contribution >= 4 is 17.9 Å². The third kappa shape index (κ3) is 4.99. The van der Waals surface area contributed by atoms with Gasteiger partial charge in [-0.25, -0.2) is 13.6 Å². The molecule has 200 valence electrons. The minimum Gasteiger partial charge on any atom is -0.468 e. The van der Waals surface area contributed by atoms with Crippen LogP contribution in [0.4, 0.5) is 19.4 Å². The van der Waals surface area contributed by atoms with Crippen LogP contribution in [0.2, 0.25) is 0 Å². The molecule has 4 aromatic rings. The molecule has 3 aromatic carbocycles. The number of anilines is 1. The molecule has 1 aliphatic carbocycles. The van der Waals surface area contributed by atoms with E-state index >= 15 is 8.78 Å². The van der Waals surface area contributed by atoms with Crippen LogP contribution < -0.4 is 5.32 Å². The molecule has 1 atom stereocenters. The van der Waals surface area contributed by atoms with Gasteiger partial charge >= 0.3 is 12.1 Å². The largest absolute Gasteiger partial charge is 0.468 e. The zero-order chi connectivity index (χ0) is 27.7. The van der Waals surface area contributed by atoms with Crippen molar-refractivity contribution in [1.29, 1.82) is 0 Å². The molecule has 7 nitrogen and oxygen atoms in total. The summed E-state index contributed by atoms with van der Waals surface area (Å²) in [4.78, 5) is 24.8. The first-order chi connectivity index (χ1) is 18.7. The molecule has 39 heavy (non-hydrogen) atoms. The Bertz CT molecular complexity index is 1530. The Morgan fingerprint density at radius 2 is 1.62 bits per heavy atom. The Morgan fingerprint density at radius 1 is 0.974 bits per heavy atom. The average Bonchev–Trinajstić information content (AvgIpc) is 3.69. The second-order valence-corrected chi connectivity index (χ2v) is 9.58. The molecule has 1 saturated carbocycles. The molecule has 1 fully saturated rings. The normalized spacial score (nSPS) is 14.4. The van der Waals surface area contributed by atoms with Gasteiger partial charge in [0.15, 0.2) is 0 Å². The van der Waals surface area contributed by atoms with Crippen molar-refractivity contribution in [3.05, 3.63) is 95.7 Å².